The minimum absolute atomic E-state index is 0.0574. The zero-order valence-corrected chi connectivity index (χ0v) is 11.4. The summed E-state index contributed by atoms with van der Waals surface area (Å²) in [7, 11) is -3.81. The van der Waals surface area contributed by atoms with E-state index in [4.69, 9.17) is 15.6 Å². The average molecular weight is 272 g/mol. The Bertz CT molecular complexity index is 486. The molecule has 0 aliphatic heterocycles. The highest BCUT2D eigenvalue weighted by Gasteiger charge is 2.15. The van der Waals surface area contributed by atoms with Gasteiger partial charge in [0.15, 0.2) is 0 Å². The van der Waals surface area contributed by atoms with Crippen LogP contribution in [0.15, 0.2) is 23.1 Å². The molecule has 0 atom stereocenters. The molecule has 5 nitrogen and oxygen atoms in total. The van der Waals surface area contributed by atoms with Crippen LogP contribution in [0.1, 0.15) is 32.6 Å². The third-order valence-corrected chi connectivity index (χ3v) is 3.46. The van der Waals surface area contributed by atoms with Crippen LogP contribution in [0.5, 0.6) is 5.75 Å². The van der Waals surface area contributed by atoms with Crippen molar-refractivity contribution in [3.63, 3.8) is 0 Å². The Labute approximate surface area is 108 Å². The first-order valence-electron chi connectivity index (χ1n) is 6.00. The lowest BCUT2D eigenvalue weighted by molar-refractivity contribution is 0.297. The molecule has 0 radical (unpaired) electrons. The molecule has 0 spiro atoms. The van der Waals surface area contributed by atoms with Crippen LogP contribution in [0.3, 0.4) is 0 Å². The molecule has 0 aliphatic rings. The van der Waals surface area contributed by atoms with Gasteiger partial charge in [-0.2, -0.15) is 0 Å². The van der Waals surface area contributed by atoms with Crippen LogP contribution in [0.25, 0.3) is 0 Å². The minimum Gasteiger partial charge on any atom is -0.492 e. The molecule has 0 bridgehead atoms. The summed E-state index contributed by atoms with van der Waals surface area (Å²) in [6, 6.07) is 4.45. The lowest BCUT2D eigenvalue weighted by Crippen LogP contribution is -2.14. The Hall–Kier alpha value is -1.27. The van der Waals surface area contributed by atoms with Gasteiger partial charge in [0.1, 0.15) is 10.6 Å². The average Bonchev–Trinajstić information content (AvgIpc) is 2.29. The Morgan fingerprint density at radius 3 is 2.56 bits per heavy atom. The molecule has 0 aliphatic carbocycles. The van der Waals surface area contributed by atoms with Gasteiger partial charge in [0, 0.05) is 5.69 Å². The normalized spacial score (nSPS) is 11.4. The molecule has 0 fully saturated rings. The Morgan fingerprint density at radius 1 is 1.22 bits per heavy atom. The molecule has 18 heavy (non-hydrogen) atoms. The third kappa shape index (κ3) is 4.54. The number of hydrogen-bond acceptors (Lipinski definition) is 4. The maximum absolute atomic E-state index is 11.4. The van der Waals surface area contributed by atoms with Gasteiger partial charge < -0.3 is 10.5 Å². The molecular weight excluding hydrogens is 252 g/mol. The first-order chi connectivity index (χ1) is 8.45. The van der Waals surface area contributed by atoms with Gasteiger partial charge in [-0.25, -0.2) is 13.6 Å². The van der Waals surface area contributed by atoms with Gasteiger partial charge in [0.05, 0.1) is 6.61 Å². The quantitative estimate of drug-likeness (QED) is 0.585. The molecule has 4 N–H and O–H groups in total. The van der Waals surface area contributed by atoms with E-state index in [1.807, 2.05) is 0 Å². The van der Waals surface area contributed by atoms with Gasteiger partial charge in [-0.3, -0.25) is 0 Å². The summed E-state index contributed by atoms with van der Waals surface area (Å²) in [5, 5.41) is 5.12. The molecule has 0 saturated carbocycles. The summed E-state index contributed by atoms with van der Waals surface area (Å²) < 4.78 is 28.2. The van der Waals surface area contributed by atoms with Crippen LogP contribution in [0.4, 0.5) is 5.69 Å². The molecule has 102 valence electrons. The van der Waals surface area contributed by atoms with Crippen LogP contribution in [-0.4, -0.2) is 15.0 Å². The lowest BCUT2D eigenvalue weighted by Gasteiger charge is -2.10. The maximum Gasteiger partial charge on any atom is 0.241 e. The SMILES string of the molecule is CCCCCCOc1ccc(N)cc1S(N)(=O)=O. The number of nitrogen functional groups attached to an aromatic ring is 1. The van der Waals surface area contributed by atoms with E-state index in [0.717, 1.165) is 25.7 Å². The molecular formula is C12H20N2O3S. The molecule has 0 amide bonds. The largest absolute Gasteiger partial charge is 0.492 e. The highest BCUT2D eigenvalue weighted by molar-refractivity contribution is 7.89. The fraction of sp³-hybridized carbons (Fsp3) is 0.500. The molecule has 0 saturated heterocycles. The number of nitrogens with two attached hydrogens (primary N) is 2. The summed E-state index contributed by atoms with van der Waals surface area (Å²) in [5.74, 6) is 0.267. The number of benzene rings is 1. The monoisotopic (exact) mass is 272 g/mol. The number of hydrogen-bond donors (Lipinski definition) is 2. The predicted molar refractivity (Wildman–Crippen MR) is 71.9 cm³/mol. The van der Waals surface area contributed by atoms with Crippen molar-refractivity contribution in [2.75, 3.05) is 12.3 Å². The van der Waals surface area contributed by atoms with Crippen molar-refractivity contribution >= 4 is 15.7 Å². The van der Waals surface area contributed by atoms with Crippen LogP contribution in [0, 0.1) is 0 Å². The zero-order chi connectivity index (χ0) is 13.6. The fourth-order valence-electron chi connectivity index (χ4n) is 1.58. The van der Waals surface area contributed by atoms with Crippen molar-refractivity contribution in [1.82, 2.24) is 0 Å². The zero-order valence-electron chi connectivity index (χ0n) is 10.6. The molecule has 6 heteroatoms. The summed E-state index contributed by atoms with van der Waals surface area (Å²) >= 11 is 0. The van der Waals surface area contributed by atoms with Crippen molar-refractivity contribution in [1.29, 1.82) is 0 Å². The summed E-state index contributed by atoms with van der Waals surface area (Å²) in [6.07, 6.45) is 4.25. The molecule has 0 aromatic heterocycles. The van der Waals surface area contributed by atoms with E-state index in [1.165, 1.54) is 12.1 Å². The smallest absolute Gasteiger partial charge is 0.241 e. The first-order valence-corrected chi connectivity index (χ1v) is 7.55. The number of primary sulfonamides is 1. The topological polar surface area (TPSA) is 95.4 Å². The maximum atomic E-state index is 11.4. The number of sulfonamides is 1. The van der Waals surface area contributed by atoms with Crippen molar-refractivity contribution < 1.29 is 13.2 Å². The molecule has 1 aromatic rings. The highest BCUT2D eigenvalue weighted by Crippen LogP contribution is 2.25. The Kier molecular flexibility index (Phi) is 5.43. The summed E-state index contributed by atoms with van der Waals surface area (Å²) in [5.41, 5.74) is 5.89. The highest BCUT2D eigenvalue weighted by atomic mass is 32.2. The first kappa shape index (κ1) is 14.8. The molecule has 1 aromatic carbocycles. The number of anilines is 1. The third-order valence-electron chi connectivity index (χ3n) is 2.53. The van der Waals surface area contributed by atoms with Crippen molar-refractivity contribution in [2.24, 2.45) is 5.14 Å². The van der Waals surface area contributed by atoms with Crippen LogP contribution in [-0.2, 0) is 10.0 Å². The van der Waals surface area contributed by atoms with Crippen LogP contribution >= 0.6 is 0 Å². The van der Waals surface area contributed by atoms with Crippen LogP contribution in [0.2, 0.25) is 0 Å². The van der Waals surface area contributed by atoms with Crippen LogP contribution < -0.4 is 15.6 Å². The number of ether oxygens (including phenoxy) is 1. The second-order valence-electron chi connectivity index (χ2n) is 4.16. The minimum atomic E-state index is -3.81. The van der Waals surface area contributed by atoms with Gasteiger partial charge in [-0.15, -0.1) is 0 Å². The lowest BCUT2D eigenvalue weighted by atomic mass is 10.2. The second kappa shape index (κ2) is 6.61. The summed E-state index contributed by atoms with van der Waals surface area (Å²) in [4.78, 5) is -0.0574. The number of unbranched alkanes of at least 4 members (excludes halogenated alkanes) is 3. The van der Waals surface area contributed by atoms with E-state index in [-0.39, 0.29) is 10.6 Å². The molecule has 0 heterocycles. The van der Waals surface area contributed by atoms with Gasteiger partial charge in [0.25, 0.3) is 0 Å². The predicted octanol–water partition coefficient (Wildman–Crippen LogP) is 1.88. The standard InChI is InChI=1S/C12H20N2O3S/c1-2-3-4-5-8-17-11-7-6-10(13)9-12(11)18(14,15)16/h6-7,9H,2-5,8,13H2,1H3,(H2,14,15,16). The van der Waals surface area contributed by atoms with Crippen molar-refractivity contribution in [2.45, 2.75) is 37.5 Å². The van der Waals surface area contributed by atoms with E-state index in [0.29, 0.717) is 12.3 Å². The Morgan fingerprint density at radius 2 is 1.94 bits per heavy atom. The number of rotatable bonds is 7. The fourth-order valence-corrected chi connectivity index (χ4v) is 2.28. The van der Waals surface area contributed by atoms with Crippen molar-refractivity contribution in [3.8, 4) is 5.75 Å². The van der Waals surface area contributed by atoms with Crippen molar-refractivity contribution in [3.05, 3.63) is 18.2 Å². The van der Waals surface area contributed by atoms with E-state index < -0.39 is 10.0 Å². The van der Waals surface area contributed by atoms with E-state index >= 15 is 0 Å². The van der Waals surface area contributed by atoms with Gasteiger partial charge in [-0.05, 0) is 24.6 Å². The van der Waals surface area contributed by atoms with Gasteiger partial charge >= 0.3 is 0 Å². The van der Waals surface area contributed by atoms with Gasteiger partial charge in [0.2, 0.25) is 10.0 Å². The van der Waals surface area contributed by atoms with E-state index in [9.17, 15) is 8.42 Å². The Balaban J connectivity index is 2.71. The van der Waals surface area contributed by atoms with E-state index in [2.05, 4.69) is 6.92 Å². The second-order valence-corrected chi connectivity index (χ2v) is 5.69. The van der Waals surface area contributed by atoms with Gasteiger partial charge in [-0.1, -0.05) is 26.2 Å². The molecule has 0 unspecified atom stereocenters. The molecule has 1 rings (SSSR count). The summed E-state index contributed by atoms with van der Waals surface area (Å²) in [6.45, 7) is 2.60. The van der Waals surface area contributed by atoms with E-state index in [1.54, 1.807) is 6.07 Å².